The number of halogens is 2. The summed E-state index contributed by atoms with van der Waals surface area (Å²) in [5, 5.41) is 0. The van der Waals surface area contributed by atoms with Crippen LogP contribution in [-0.2, 0) is 16.6 Å². The minimum atomic E-state index is -4.32. The van der Waals surface area contributed by atoms with Crippen molar-refractivity contribution in [2.24, 2.45) is 0 Å². The molecule has 0 aliphatic heterocycles. The molecular weight excluding hydrogens is 271 g/mol. The van der Waals surface area contributed by atoms with Gasteiger partial charge in [0.25, 0.3) is 0 Å². The zero-order valence-corrected chi connectivity index (χ0v) is 9.81. The molecule has 0 fully saturated rings. The fraction of sp³-hybridized carbons (Fsp3) is 0.333. The predicted molar refractivity (Wildman–Crippen MR) is 57.4 cm³/mol. The lowest BCUT2D eigenvalue weighted by atomic mass is 10.1. The third-order valence-electron chi connectivity index (χ3n) is 1.74. The Balaban J connectivity index is 2.47. The molecule has 0 aromatic heterocycles. The molecule has 0 bridgehead atoms. The summed E-state index contributed by atoms with van der Waals surface area (Å²) in [6.45, 7) is 0. The van der Waals surface area contributed by atoms with Crippen LogP contribution in [0.25, 0.3) is 0 Å². The minimum Gasteiger partial charge on any atom is -0.195 e. The van der Waals surface area contributed by atoms with Crippen LogP contribution in [0.15, 0.2) is 28.7 Å². The van der Waals surface area contributed by atoms with Gasteiger partial charge in [-0.15, -0.1) is 3.89 Å². The predicted octanol–water partition coefficient (Wildman–Crippen LogP) is 2.68. The Morgan fingerprint density at radius 2 is 2.07 bits per heavy atom. The normalized spacial score (nSPS) is 11.6. The molecule has 0 N–H and O–H groups in total. The van der Waals surface area contributed by atoms with Crippen LogP contribution < -0.4 is 0 Å². The van der Waals surface area contributed by atoms with Crippen LogP contribution >= 0.6 is 15.9 Å². The van der Waals surface area contributed by atoms with Crippen molar-refractivity contribution in [3.8, 4) is 0 Å². The molecule has 2 nitrogen and oxygen atoms in total. The van der Waals surface area contributed by atoms with Gasteiger partial charge >= 0.3 is 10.2 Å². The topological polar surface area (TPSA) is 34.1 Å². The Morgan fingerprint density at radius 1 is 1.36 bits per heavy atom. The third kappa shape index (κ3) is 4.72. The summed E-state index contributed by atoms with van der Waals surface area (Å²) in [5.74, 6) is -0.403. The number of rotatable bonds is 4. The van der Waals surface area contributed by atoms with Gasteiger partial charge in [0.05, 0.1) is 5.75 Å². The molecule has 0 aliphatic rings. The van der Waals surface area contributed by atoms with E-state index in [-0.39, 0.29) is 0 Å². The van der Waals surface area contributed by atoms with Crippen molar-refractivity contribution in [1.82, 2.24) is 0 Å². The van der Waals surface area contributed by atoms with Crippen molar-refractivity contribution in [2.45, 2.75) is 12.8 Å². The molecule has 1 aromatic carbocycles. The molecule has 0 amide bonds. The molecule has 1 aromatic rings. The van der Waals surface area contributed by atoms with E-state index in [9.17, 15) is 12.3 Å². The molecule has 5 heteroatoms. The third-order valence-corrected chi connectivity index (χ3v) is 3.01. The van der Waals surface area contributed by atoms with Gasteiger partial charge in [-0.3, -0.25) is 0 Å². The fourth-order valence-corrected chi connectivity index (χ4v) is 2.08. The van der Waals surface area contributed by atoms with E-state index >= 15 is 0 Å². The molecule has 0 atom stereocenters. The first-order chi connectivity index (χ1) is 6.47. The first-order valence-electron chi connectivity index (χ1n) is 4.14. The number of hydrogen-bond acceptors (Lipinski definition) is 2. The highest BCUT2D eigenvalue weighted by atomic mass is 79.9. The molecule has 0 unspecified atom stereocenters. The Hall–Kier alpha value is -0.420. The summed E-state index contributed by atoms with van der Waals surface area (Å²) in [4.78, 5) is 0. The molecule has 0 radical (unpaired) electrons. The van der Waals surface area contributed by atoms with Crippen molar-refractivity contribution in [3.63, 3.8) is 0 Å². The lowest BCUT2D eigenvalue weighted by Gasteiger charge is -1.99. The van der Waals surface area contributed by atoms with Crippen LogP contribution in [0.5, 0.6) is 0 Å². The maximum Gasteiger partial charge on any atom is 0.302 e. The van der Waals surface area contributed by atoms with E-state index in [1.807, 2.05) is 24.3 Å². The summed E-state index contributed by atoms with van der Waals surface area (Å²) >= 11 is 3.30. The van der Waals surface area contributed by atoms with Crippen LogP contribution in [-0.4, -0.2) is 14.2 Å². The maximum atomic E-state index is 12.1. The molecule has 0 saturated carbocycles. The van der Waals surface area contributed by atoms with Crippen molar-refractivity contribution < 1.29 is 12.3 Å². The zero-order chi connectivity index (χ0) is 10.6. The quantitative estimate of drug-likeness (QED) is 0.795. The second kappa shape index (κ2) is 4.89. The van der Waals surface area contributed by atoms with Gasteiger partial charge in [-0.05, 0) is 30.5 Å². The van der Waals surface area contributed by atoms with E-state index in [4.69, 9.17) is 0 Å². The van der Waals surface area contributed by atoms with Crippen LogP contribution in [0.1, 0.15) is 12.0 Å². The zero-order valence-electron chi connectivity index (χ0n) is 7.41. The number of benzene rings is 1. The first-order valence-corrected chi connectivity index (χ1v) is 6.49. The molecule has 1 rings (SSSR count). The van der Waals surface area contributed by atoms with Gasteiger partial charge in [0.15, 0.2) is 0 Å². The highest BCUT2D eigenvalue weighted by molar-refractivity contribution is 9.10. The average molecular weight is 281 g/mol. The van der Waals surface area contributed by atoms with E-state index in [1.165, 1.54) is 0 Å². The van der Waals surface area contributed by atoms with Crippen LogP contribution in [0, 0.1) is 0 Å². The number of aryl methyl sites for hydroxylation is 1. The Bertz CT molecular complexity index is 403. The highest BCUT2D eigenvalue weighted by Crippen LogP contribution is 2.13. The van der Waals surface area contributed by atoms with E-state index < -0.39 is 16.0 Å². The monoisotopic (exact) mass is 280 g/mol. The summed E-state index contributed by atoms with van der Waals surface area (Å²) in [6.07, 6.45) is 0.887. The van der Waals surface area contributed by atoms with Crippen molar-refractivity contribution in [3.05, 3.63) is 34.3 Å². The van der Waals surface area contributed by atoms with E-state index in [0.717, 1.165) is 10.0 Å². The van der Waals surface area contributed by atoms with E-state index in [2.05, 4.69) is 15.9 Å². The summed E-state index contributed by atoms with van der Waals surface area (Å²) in [6, 6.07) is 7.53. The van der Waals surface area contributed by atoms with Crippen molar-refractivity contribution >= 4 is 26.2 Å². The van der Waals surface area contributed by atoms with Gasteiger partial charge in [-0.2, -0.15) is 8.42 Å². The van der Waals surface area contributed by atoms with Crippen molar-refractivity contribution in [2.75, 3.05) is 5.75 Å². The van der Waals surface area contributed by atoms with Gasteiger partial charge in [0.2, 0.25) is 0 Å². The Kier molecular flexibility index (Phi) is 4.07. The van der Waals surface area contributed by atoms with Crippen LogP contribution in [0.3, 0.4) is 0 Å². The lowest BCUT2D eigenvalue weighted by molar-refractivity contribution is 0.549. The maximum absolute atomic E-state index is 12.1. The molecule has 0 saturated heterocycles. The standard InChI is InChI=1S/C9H10BrFO2S/c10-9-5-1-3-8(7-9)4-2-6-14(11,12)13/h1,3,5,7H,2,4,6H2. The van der Waals surface area contributed by atoms with Crippen LogP contribution in [0.4, 0.5) is 3.89 Å². The minimum absolute atomic E-state index is 0.315. The average Bonchev–Trinajstić information content (AvgIpc) is 2.01. The van der Waals surface area contributed by atoms with Gasteiger partial charge in [0, 0.05) is 4.47 Å². The molecule has 0 heterocycles. The Labute approximate surface area is 91.5 Å². The van der Waals surface area contributed by atoms with Gasteiger partial charge in [0.1, 0.15) is 0 Å². The molecule has 0 aliphatic carbocycles. The SMILES string of the molecule is O=S(=O)(F)CCCc1cccc(Br)c1. The van der Waals surface area contributed by atoms with Gasteiger partial charge in [-0.25, -0.2) is 0 Å². The highest BCUT2D eigenvalue weighted by Gasteiger charge is 2.06. The van der Waals surface area contributed by atoms with Gasteiger partial charge in [-0.1, -0.05) is 28.1 Å². The molecule has 78 valence electrons. The summed E-state index contributed by atoms with van der Waals surface area (Å²) in [7, 11) is -4.32. The summed E-state index contributed by atoms with van der Waals surface area (Å²) < 4.78 is 33.5. The smallest absolute Gasteiger partial charge is 0.195 e. The van der Waals surface area contributed by atoms with Crippen molar-refractivity contribution in [1.29, 1.82) is 0 Å². The van der Waals surface area contributed by atoms with Crippen LogP contribution in [0.2, 0.25) is 0 Å². The number of hydrogen-bond donors (Lipinski definition) is 0. The molecule has 14 heavy (non-hydrogen) atoms. The second-order valence-corrected chi connectivity index (χ2v) is 5.38. The molecule has 0 spiro atoms. The largest absolute Gasteiger partial charge is 0.302 e. The van der Waals surface area contributed by atoms with E-state index in [0.29, 0.717) is 12.8 Å². The first kappa shape index (κ1) is 11.7. The van der Waals surface area contributed by atoms with Gasteiger partial charge < -0.3 is 0 Å². The summed E-state index contributed by atoms with van der Waals surface area (Å²) in [5.41, 5.74) is 1.00. The Morgan fingerprint density at radius 3 is 2.64 bits per heavy atom. The molecular formula is C9H10BrFO2S. The van der Waals surface area contributed by atoms with E-state index in [1.54, 1.807) is 0 Å². The second-order valence-electron chi connectivity index (χ2n) is 2.98. The lowest BCUT2D eigenvalue weighted by Crippen LogP contribution is -1.99. The fourth-order valence-electron chi connectivity index (χ4n) is 1.14.